The molecule has 1 aromatic carbocycles. The maximum Gasteiger partial charge on any atom is 0.318 e. The summed E-state index contributed by atoms with van der Waals surface area (Å²) in [4.78, 5) is 30.5. The van der Waals surface area contributed by atoms with Gasteiger partial charge in [0.15, 0.2) is 0 Å². The van der Waals surface area contributed by atoms with Gasteiger partial charge < -0.3 is 20.1 Å². The highest BCUT2D eigenvalue weighted by molar-refractivity contribution is 5.77. The molecule has 30 heavy (non-hydrogen) atoms. The zero-order valence-electron chi connectivity index (χ0n) is 16.7. The van der Waals surface area contributed by atoms with Crippen LogP contribution >= 0.6 is 0 Å². The Labute approximate surface area is 173 Å². The molecule has 1 fully saturated rings. The summed E-state index contributed by atoms with van der Waals surface area (Å²) in [5.74, 6) is -1.06. The fourth-order valence-corrected chi connectivity index (χ4v) is 4.18. The van der Waals surface area contributed by atoms with Crippen LogP contribution in [0.25, 0.3) is 0 Å². The van der Waals surface area contributed by atoms with E-state index in [4.69, 9.17) is 4.74 Å². The quantitative estimate of drug-likeness (QED) is 0.807. The van der Waals surface area contributed by atoms with E-state index in [-0.39, 0.29) is 11.8 Å². The van der Waals surface area contributed by atoms with Gasteiger partial charge in [-0.2, -0.15) is 0 Å². The van der Waals surface area contributed by atoms with Gasteiger partial charge in [-0.3, -0.25) is 9.78 Å². The molecular formula is C22H24FN3O4. The average Bonchev–Trinajstić information content (AvgIpc) is 2.76. The minimum atomic E-state index is -1.04. The number of likely N-dealkylation sites (tertiary alicyclic amines) is 1. The normalized spacial score (nSPS) is 21.5. The highest BCUT2D eigenvalue weighted by Gasteiger charge is 2.44. The van der Waals surface area contributed by atoms with Crippen molar-refractivity contribution in [2.45, 2.75) is 31.7 Å². The summed E-state index contributed by atoms with van der Waals surface area (Å²) in [5.41, 5.74) is 0.615. The van der Waals surface area contributed by atoms with Crippen LogP contribution in [0.1, 0.15) is 36.1 Å². The molecule has 158 valence electrons. The summed E-state index contributed by atoms with van der Waals surface area (Å²) in [6, 6.07) is 8.15. The van der Waals surface area contributed by atoms with Gasteiger partial charge in [0.25, 0.3) is 0 Å². The molecule has 2 aliphatic heterocycles. The number of hydrogen-bond donors (Lipinski definition) is 2. The average molecular weight is 413 g/mol. The first kappa shape index (κ1) is 20.1. The van der Waals surface area contributed by atoms with Crippen molar-refractivity contribution < 1.29 is 23.8 Å². The number of carbonyl (C=O) groups is 2. The maximum absolute atomic E-state index is 14.5. The lowest BCUT2D eigenvalue weighted by atomic mass is 9.81. The van der Waals surface area contributed by atoms with Crippen LogP contribution < -0.4 is 10.1 Å². The topological polar surface area (TPSA) is 91.8 Å². The predicted octanol–water partition coefficient (Wildman–Crippen LogP) is 3.06. The second-order valence-electron chi connectivity index (χ2n) is 7.85. The van der Waals surface area contributed by atoms with Crippen molar-refractivity contribution in [3.63, 3.8) is 0 Å². The Balaban J connectivity index is 1.68. The van der Waals surface area contributed by atoms with E-state index in [2.05, 4.69) is 10.3 Å². The zero-order chi connectivity index (χ0) is 21.3. The number of carbonyl (C=O) groups excluding carboxylic acids is 1. The number of fused-ring (bicyclic) bond motifs is 1. The highest BCUT2D eigenvalue weighted by Crippen LogP contribution is 2.41. The van der Waals surface area contributed by atoms with Gasteiger partial charge >= 0.3 is 12.0 Å². The number of pyridine rings is 1. The number of amides is 2. The minimum absolute atomic E-state index is 0.321. The Bertz CT molecular complexity index is 975. The number of aryl methyl sites for hydroxylation is 1. The van der Waals surface area contributed by atoms with E-state index in [1.165, 1.54) is 6.07 Å². The van der Waals surface area contributed by atoms with Gasteiger partial charge in [-0.15, -0.1) is 0 Å². The Kier molecular flexibility index (Phi) is 5.32. The largest absolute Gasteiger partial charge is 0.491 e. The molecule has 0 aliphatic carbocycles. The van der Waals surface area contributed by atoms with Crippen LogP contribution in [-0.4, -0.2) is 46.7 Å². The fourth-order valence-electron chi connectivity index (χ4n) is 4.18. The summed E-state index contributed by atoms with van der Waals surface area (Å²) in [7, 11) is 0. The molecule has 0 spiro atoms. The third kappa shape index (κ3) is 3.58. The number of carboxylic acids is 1. The van der Waals surface area contributed by atoms with Crippen LogP contribution in [0.4, 0.5) is 9.18 Å². The molecule has 0 saturated carbocycles. The van der Waals surface area contributed by atoms with Crippen molar-refractivity contribution >= 4 is 12.0 Å². The number of aromatic nitrogens is 1. The molecule has 0 bridgehead atoms. The van der Waals surface area contributed by atoms with Gasteiger partial charge in [-0.25, -0.2) is 9.18 Å². The molecule has 1 saturated heterocycles. The number of carboxylic acid groups (broad SMARTS) is 1. The maximum atomic E-state index is 14.5. The van der Waals surface area contributed by atoms with Crippen molar-refractivity contribution in [2.75, 3.05) is 19.7 Å². The molecule has 2 aliphatic rings. The lowest BCUT2D eigenvalue weighted by molar-refractivity contribution is -0.143. The van der Waals surface area contributed by atoms with E-state index < -0.39 is 17.4 Å². The van der Waals surface area contributed by atoms with E-state index in [1.807, 2.05) is 0 Å². The van der Waals surface area contributed by atoms with Crippen molar-refractivity contribution in [2.24, 2.45) is 5.92 Å². The third-order valence-electron chi connectivity index (χ3n) is 6.03. The van der Waals surface area contributed by atoms with Gasteiger partial charge in [0, 0.05) is 25.7 Å². The van der Waals surface area contributed by atoms with E-state index in [0.29, 0.717) is 61.5 Å². The number of halogens is 1. The Morgan fingerprint density at radius 3 is 2.77 bits per heavy atom. The number of urea groups is 1. The number of nitrogens with zero attached hydrogens (tertiary/aromatic N) is 2. The first-order chi connectivity index (χ1) is 14.4. The van der Waals surface area contributed by atoms with Gasteiger partial charge in [-0.05, 0) is 49.1 Å². The predicted molar refractivity (Wildman–Crippen MR) is 107 cm³/mol. The molecule has 1 aromatic heterocycles. The van der Waals surface area contributed by atoms with E-state index in [9.17, 15) is 19.1 Å². The second kappa shape index (κ2) is 7.93. The van der Waals surface area contributed by atoms with Crippen LogP contribution in [0.2, 0.25) is 0 Å². The molecule has 3 heterocycles. The number of hydrogen-bond acceptors (Lipinski definition) is 4. The molecular weight excluding hydrogens is 389 g/mol. The Morgan fingerprint density at radius 1 is 1.30 bits per heavy atom. The van der Waals surface area contributed by atoms with Gasteiger partial charge in [0.05, 0.1) is 12.5 Å². The minimum Gasteiger partial charge on any atom is -0.491 e. The molecule has 0 unspecified atom stereocenters. The monoisotopic (exact) mass is 413 g/mol. The van der Waals surface area contributed by atoms with Crippen molar-refractivity contribution in [1.82, 2.24) is 15.2 Å². The van der Waals surface area contributed by atoms with Crippen molar-refractivity contribution in [1.29, 1.82) is 0 Å². The number of benzene rings is 1. The van der Waals surface area contributed by atoms with E-state index >= 15 is 0 Å². The van der Waals surface area contributed by atoms with Crippen LogP contribution in [0.5, 0.6) is 5.75 Å². The first-order valence-electron chi connectivity index (χ1n) is 10.1. The molecule has 1 atom stereocenters. The summed E-state index contributed by atoms with van der Waals surface area (Å²) in [6.07, 6.45) is 2.84. The lowest BCUT2D eigenvalue weighted by Crippen LogP contribution is -2.55. The van der Waals surface area contributed by atoms with E-state index in [1.54, 1.807) is 42.3 Å². The van der Waals surface area contributed by atoms with Crippen LogP contribution in [0, 0.1) is 18.7 Å². The number of piperidine rings is 1. The Morgan fingerprint density at radius 2 is 2.07 bits per heavy atom. The van der Waals surface area contributed by atoms with Crippen LogP contribution in [0.3, 0.4) is 0 Å². The zero-order valence-corrected chi connectivity index (χ0v) is 16.7. The summed E-state index contributed by atoms with van der Waals surface area (Å²) in [5, 5.41) is 12.3. The standard InChI is InChI=1S/C22H24FN3O4/c1-14-4-5-16(13-17(14)23)22(8-12-30-18-3-2-9-24-19(18)22)25-21(29)26-10-6-15(7-11-26)20(27)28/h2-5,9,13,15H,6-8,10-12H2,1H3,(H,25,29)(H,27,28)/t22-/m0/s1. The molecule has 8 heteroatoms. The molecule has 2 aromatic rings. The molecule has 2 N–H and O–H groups in total. The summed E-state index contributed by atoms with van der Waals surface area (Å²) in [6.45, 7) is 2.74. The van der Waals surface area contributed by atoms with Crippen molar-refractivity contribution in [3.8, 4) is 5.75 Å². The smallest absolute Gasteiger partial charge is 0.318 e. The molecule has 7 nitrogen and oxygen atoms in total. The first-order valence-corrected chi connectivity index (χ1v) is 10.1. The van der Waals surface area contributed by atoms with Gasteiger partial charge in [-0.1, -0.05) is 12.1 Å². The second-order valence-corrected chi connectivity index (χ2v) is 7.85. The van der Waals surface area contributed by atoms with Crippen LogP contribution in [-0.2, 0) is 10.3 Å². The highest BCUT2D eigenvalue weighted by atomic mass is 19.1. The number of nitrogens with one attached hydrogen (secondary N) is 1. The summed E-state index contributed by atoms with van der Waals surface area (Å²) < 4.78 is 20.2. The Hall–Kier alpha value is -3.16. The van der Waals surface area contributed by atoms with Crippen molar-refractivity contribution in [3.05, 3.63) is 59.2 Å². The molecule has 4 rings (SSSR count). The van der Waals surface area contributed by atoms with Gasteiger partial charge in [0.1, 0.15) is 22.8 Å². The summed E-state index contributed by atoms with van der Waals surface area (Å²) >= 11 is 0. The fraction of sp³-hybridized carbons (Fsp3) is 0.409. The lowest BCUT2D eigenvalue weighted by Gasteiger charge is -2.41. The van der Waals surface area contributed by atoms with E-state index in [0.717, 1.165) is 0 Å². The molecule has 0 radical (unpaired) electrons. The number of ether oxygens (including phenoxy) is 1. The third-order valence-corrected chi connectivity index (χ3v) is 6.03. The number of aliphatic carboxylic acids is 1. The van der Waals surface area contributed by atoms with Gasteiger partial charge in [0.2, 0.25) is 0 Å². The molecule has 2 amide bonds. The number of rotatable bonds is 3. The SMILES string of the molecule is Cc1ccc([C@@]2(NC(=O)N3CCC(C(=O)O)CC3)CCOc3cccnc32)cc1F. The van der Waals surface area contributed by atoms with Crippen LogP contribution in [0.15, 0.2) is 36.5 Å².